The summed E-state index contributed by atoms with van der Waals surface area (Å²) in [6.45, 7) is 0. The SMILES string of the molecule is CN(C)c1cccc2c(S(=O)(=O)CCCCCCCCCCCCC(=O)O)cccc12. The molecule has 0 aliphatic rings. The third kappa shape index (κ3) is 8.17. The Labute approximate surface area is 187 Å². The number of carbonyl (C=O) groups is 1. The van der Waals surface area contributed by atoms with Gasteiger partial charge in [-0.05, 0) is 25.0 Å². The van der Waals surface area contributed by atoms with Gasteiger partial charge in [0.15, 0.2) is 9.84 Å². The zero-order valence-electron chi connectivity index (χ0n) is 19.0. The van der Waals surface area contributed by atoms with Crippen LogP contribution in [0.2, 0.25) is 0 Å². The molecule has 0 unspecified atom stereocenters. The van der Waals surface area contributed by atoms with Crippen LogP contribution in [0.1, 0.15) is 70.6 Å². The van der Waals surface area contributed by atoms with E-state index in [0.717, 1.165) is 61.4 Å². The molecular weight excluding hydrogens is 410 g/mol. The predicted octanol–water partition coefficient (Wildman–Crippen LogP) is 6.06. The van der Waals surface area contributed by atoms with Crippen molar-refractivity contribution in [2.75, 3.05) is 24.7 Å². The number of hydrogen-bond acceptors (Lipinski definition) is 4. The second kappa shape index (κ2) is 12.7. The van der Waals surface area contributed by atoms with E-state index in [-0.39, 0.29) is 12.2 Å². The van der Waals surface area contributed by atoms with Crippen molar-refractivity contribution in [1.82, 2.24) is 0 Å². The van der Waals surface area contributed by atoms with Gasteiger partial charge in [-0.2, -0.15) is 0 Å². The van der Waals surface area contributed by atoms with E-state index in [1.807, 2.05) is 49.3 Å². The Kier molecular flexibility index (Phi) is 10.3. The van der Waals surface area contributed by atoms with Crippen molar-refractivity contribution in [1.29, 1.82) is 0 Å². The largest absolute Gasteiger partial charge is 0.481 e. The van der Waals surface area contributed by atoms with Crippen LogP contribution < -0.4 is 4.90 Å². The van der Waals surface area contributed by atoms with E-state index in [1.54, 1.807) is 6.07 Å². The Bertz CT molecular complexity index is 938. The highest BCUT2D eigenvalue weighted by Crippen LogP contribution is 2.31. The summed E-state index contributed by atoms with van der Waals surface area (Å²) in [7, 11) is 0.629. The lowest BCUT2D eigenvalue weighted by atomic mass is 10.1. The van der Waals surface area contributed by atoms with Crippen molar-refractivity contribution in [2.24, 2.45) is 0 Å². The van der Waals surface area contributed by atoms with Gasteiger partial charge in [0.05, 0.1) is 10.6 Å². The molecule has 0 saturated carbocycles. The fourth-order valence-corrected chi connectivity index (χ4v) is 5.62. The van der Waals surface area contributed by atoms with E-state index in [2.05, 4.69) is 0 Å². The zero-order valence-corrected chi connectivity index (χ0v) is 19.8. The van der Waals surface area contributed by atoms with Crippen molar-refractivity contribution < 1.29 is 18.3 Å². The number of nitrogens with zero attached hydrogens (tertiary/aromatic N) is 1. The molecular formula is C25H37NO4S. The monoisotopic (exact) mass is 447 g/mol. The molecule has 0 aliphatic carbocycles. The van der Waals surface area contributed by atoms with Crippen LogP contribution in [0.4, 0.5) is 5.69 Å². The lowest BCUT2D eigenvalue weighted by Crippen LogP contribution is -2.10. The van der Waals surface area contributed by atoms with Crippen molar-refractivity contribution in [3.8, 4) is 0 Å². The molecule has 31 heavy (non-hydrogen) atoms. The molecule has 6 heteroatoms. The maximum atomic E-state index is 13.0. The highest BCUT2D eigenvalue weighted by atomic mass is 32.2. The minimum Gasteiger partial charge on any atom is -0.481 e. The van der Waals surface area contributed by atoms with E-state index in [1.165, 1.54) is 12.8 Å². The average molecular weight is 448 g/mol. The van der Waals surface area contributed by atoms with Gasteiger partial charge in [0.1, 0.15) is 0 Å². The van der Waals surface area contributed by atoms with E-state index >= 15 is 0 Å². The summed E-state index contributed by atoms with van der Waals surface area (Å²) in [5.74, 6) is -0.511. The van der Waals surface area contributed by atoms with Crippen LogP contribution >= 0.6 is 0 Å². The summed E-state index contributed by atoms with van der Waals surface area (Å²) >= 11 is 0. The molecule has 0 heterocycles. The first kappa shape index (κ1) is 25.2. The number of sulfone groups is 1. The lowest BCUT2D eigenvalue weighted by Gasteiger charge is -2.17. The third-order valence-corrected chi connectivity index (χ3v) is 7.58. The van der Waals surface area contributed by atoms with Gasteiger partial charge in [0.2, 0.25) is 0 Å². The lowest BCUT2D eigenvalue weighted by molar-refractivity contribution is -0.137. The average Bonchev–Trinajstić information content (AvgIpc) is 2.73. The second-order valence-electron chi connectivity index (χ2n) is 8.52. The van der Waals surface area contributed by atoms with E-state index < -0.39 is 15.8 Å². The Hall–Kier alpha value is -2.08. The highest BCUT2D eigenvalue weighted by molar-refractivity contribution is 7.91. The summed E-state index contributed by atoms with van der Waals surface area (Å²) < 4.78 is 26.0. The van der Waals surface area contributed by atoms with Crippen LogP contribution in [0.5, 0.6) is 0 Å². The first-order chi connectivity index (χ1) is 14.8. The summed E-state index contributed by atoms with van der Waals surface area (Å²) in [5.41, 5.74) is 1.02. The number of aliphatic carboxylic acids is 1. The number of carboxylic acid groups (broad SMARTS) is 1. The molecule has 0 radical (unpaired) electrons. The molecule has 2 aromatic carbocycles. The van der Waals surface area contributed by atoms with Crippen molar-refractivity contribution in [3.05, 3.63) is 36.4 Å². The number of fused-ring (bicyclic) bond motifs is 1. The maximum absolute atomic E-state index is 13.0. The summed E-state index contributed by atoms with van der Waals surface area (Å²) in [6, 6.07) is 11.4. The number of carboxylic acids is 1. The standard InChI is InChI=1S/C25H37NO4S/c1-26(2)23-17-13-16-22-21(23)15-14-18-24(22)31(29,30)20-12-10-8-6-4-3-5-7-9-11-19-25(27)28/h13-18H,3-12,19-20H2,1-2H3,(H,27,28). The van der Waals surface area contributed by atoms with Crippen molar-refractivity contribution in [3.63, 3.8) is 0 Å². The summed E-state index contributed by atoms with van der Waals surface area (Å²) in [5, 5.41) is 10.4. The van der Waals surface area contributed by atoms with E-state index in [9.17, 15) is 13.2 Å². The van der Waals surface area contributed by atoms with Gasteiger partial charge in [0, 0.05) is 37.0 Å². The van der Waals surface area contributed by atoms with E-state index in [4.69, 9.17) is 5.11 Å². The van der Waals surface area contributed by atoms with Crippen molar-refractivity contribution in [2.45, 2.75) is 75.5 Å². The highest BCUT2D eigenvalue weighted by Gasteiger charge is 2.18. The Morgan fingerprint density at radius 2 is 1.29 bits per heavy atom. The normalized spacial score (nSPS) is 11.7. The molecule has 0 spiro atoms. The van der Waals surface area contributed by atoms with Crippen LogP contribution in [0, 0.1) is 0 Å². The number of benzene rings is 2. The molecule has 0 amide bonds. The third-order valence-electron chi connectivity index (χ3n) is 5.73. The van der Waals surface area contributed by atoms with Gasteiger partial charge in [0.25, 0.3) is 0 Å². The molecule has 1 N–H and O–H groups in total. The molecule has 0 aromatic heterocycles. The van der Waals surface area contributed by atoms with Gasteiger partial charge < -0.3 is 10.0 Å². The van der Waals surface area contributed by atoms with Gasteiger partial charge in [-0.3, -0.25) is 4.79 Å². The van der Waals surface area contributed by atoms with Gasteiger partial charge in [-0.1, -0.05) is 75.6 Å². The molecule has 2 aromatic rings. The van der Waals surface area contributed by atoms with Crippen molar-refractivity contribution >= 4 is 32.3 Å². The second-order valence-corrected chi connectivity index (χ2v) is 10.6. The van der Waals surface area contributed by atoms with Crippen LogP contribution in [-0.4, -0.2) is 39.3 Å². The Morgan fingerprint density at radius 3 is 1.87 bits per heavy atom. The van der Waals surface area contributed by atoms with Gasteiger partial charge in [-0.25, -0.2) is 8.42 Å². The van der Waals surface area contributed by atoms with Crippen LogP contribution in [0.25, 0.3) is 10.8 Å². The zero-order chi connectivity index (χ0) is 22.7. The number of rotatable bonds is 15. The Morgan fingerprint density at radius 1 is 0.774 bits per heavy atom. The Balaban J connectivity index is 1.72. The molecule has 0 aliphatic heterocycles. The number of unbranched alkanes of at least 4 members (excludes halogenated alkanes) is 9. The number of anilines is 1. The number of hydrogen-bond donors (Lipinski definition) is 1. The molecule has 0 saturated heterocycles. The van der Waals surface area contributed by atoms with Crippen LogP contribution in [0.15, 0.2) is 41.3 Å². The fourth-order valence-electron chi connectivity index (χ4n) is 4.02. The first-order valence-corrected chi connectivity index (χ1v) is 13.1. The molecule has 5 nitrogen and oxygen atoms in total. The van der Waals surface area contributed by atoms with Gasteiger partial charge >= 0.3 is 5.97 Å². The molecule has 2 rings (SSSR count). The minimum atomic E-state index is -3.31. The molecule has 0 fully saturated rings. The van der Waals surface area contributed by atoms with Crippen LogP contribution in [0.3, 0.4) is 0 Å². The molecule has 172 valence electrons. The summed E-state index contributed by atoms with van der Waals surface area (Å²) in [6.07, 6.45) is 10.5. The topological polar surface area (TPSA) is 74.7 Å². The predicted molar refractivity (Wildman–Crippen MR) is 129 cm³/mol. The molecule has 0 atom stereocenters. The maximum Gasteiger partial charge on any atom is 0.303 e. The first-order valence-electron chi connectivity index (χ1n) is 11.5. The minimum absolute atomic E-state index is 0.196. The quantitative estimate of drug-likeness (QED) is 0.336. The fraction of sp³-hybridized carbons (Fsp3) is 0.560. The smallest absolute Gasteiger partial charge is 0.303 e. The van der Waals surface area contributed by atoms with Gasteiger partial charge in [-0.15, -0.1) is 0 Å². The van der Waals surface area contributed by atoms with E-state index in [0.29, 0.717) is 11.3 Å². The molecule has 0 bridgehead atoms. The van der Waals surface area contributed by atoms with Crippen LogP contribution in [-0.2, 0) is 14.6 Å². The summed E-state index contributed by atoms with van der Waals surface area (Å²) in [4.78, 5) is 12.9.